The smallest absolute Gasteiger partial charge is 0.287 e. The molecule has 1 amide bonds. The van der Waals surface area contributed by atoms with Crippen molar-refractivity contribution in [3.63, 3.8) is 0 Å². The number of nitrogens with one attached hydrogen (secondary N) is 2. The fraction of sp³-hybridized carbons (Fsp3) is 0.545. The zero-order valence-corrected chi connectivity index (χ0v) is 11.3. The lowest BCUT2D eigenvalue weighted by atomic mass is 10.4. The zero-order valence-electron chi connectivity index (χ0n) is 10.5. The van der Waals surface area contributed by atoms with Gasteiger partial charge in [0.25, 0.3) is 15.9 Å². The van der Waals surface area contributed by atoms with E-state index in [9.17, 15) is 13.2 Å². The summed E-state index contributed by atoms with van der Waals surface area (Å²) in [5.41, 5.74) is 0. The summed E-state index contributed by atoms with van der Waals surface area (Å²) in [7, 11) is -3.65. The van der Waals surface area contributed by atoms with E-state index < -0.39 is 15.9 Å². The molecule has 102 valence electrons. The molecule has 0 saturated carbocycles. The molecule has 0 fully saturated rings. The molecule has 0 aliphatic heterocycles. The van der Waals surface area contributed by atoms with Crippen LogP contribution in [0.5, 0.6) is 0 Å². The highest BCUT2D eigenvalue weighted by Gasteiger charge is 2.20. The molecule has 0 radical (unpaired) electrons. The molecule has 6 nitrogen and oxygen atoms in total. The minimum atomic E-state index is -3.65. The lowest BCUT2D eigenvalue weighted by molar-refractivity contribution is 0.0920. The number of carbonyl (C=O) groups excluding carboxylic acids is 1. The topological polar surface area (TPSA) is 88.4 Å². The van der Waals surface area contributed by atoms with Crippen LogP contribution in [0.2, 0.25) is 0 Å². The summed E-state index contributed by atoms with van der Waals surface area (Å²) in [6, 6.07) is 2.63. The molecule has 1 aromatic rings. The highest BCUT2D eigenvalue weighted by atomic mass is 32.2. The summed E-state index contributed by atoms with van der Waals surface area (Å²) < 4.78 is 30.8. The zero-order chi connectivity index (χ0) is 13.6. The molecule has 7 heteroatoms. The standard InChI is InChI=1S/C11H18N2O4S/c1-3-7-12-11(14)9-5-6-10(17-9)18(15,16)13-8-4-2/h5-6,13H,3-4,7-8H2,1-2H3,(H,12,14). The molecule has 0 atom stereocenters. The Hall–Kier alpha value is -1.34. The quantitative estimate of drug-likeness (QED) is 0.779. The largest absolute Gasteiger partial charge is 0.438 e. The van der Waals surface area contributed by atoms with Crippen molar-refractivity contribution in [3.8, 4) is 0 Å². The third-order valence-corrected chi connectivity index (χ3v) is 3.48. The van der Waals surface area contributed by atoms with Gasteiger partial charge in [-0.1, -0.05) is 13.8 Å². The number of rotatable bonds is 7. The van der Waals surface area contributed by atoms with Crippen LogP contribution in [0.15, 0.2) is 21.6 Å². The maximum absolute atomic E-state index is 11.7. The molecule has 1 heterocycles. The fourth-order valence-electron chi connectivity index (χ4n) is 1.22. The third kappa shape index (κ3) is 3.85. The van der Waals surface area contributed by atoms with E-state index in [1.165, 1.54) is 12.1 Å². The molecule has 18 heavy (non-hydrogen) atoms. The maximum atomic E-state index is 11.7. The normalized spacial score (nSPS) is 11.4. The van der Waals surface area contributed by atoms with Gasteiger partial charge in [-0.25, -0.2) is 13.1 Å². The van der Waals surface area contributed by atoms with Crippen molar-refractivity contribution in [1.29, 1.82) is 0 Å². The van der Waals surface area contributed by atoms with Crippen LogP contribution in [-0.4, -0.2) is 27.4 Å². The number of carbonyl (C=O) groups is 1. The SMILES string of the molecule is CCCNC(=O)c1ccc(S(=O)(=O)NCCC)o1. The molecule has 1 aromatic heterocycles. The summed E-state index contributed by atoms with van der Waals surface area (Å²) in [6.45, 7) is 4.64. The molecule has 0 aliphatic rings. The summed E-state index contributed by atoms with van der Waals surface area (Å²) in [5, 5.41) is 2.37. The first-order valence-electron chi connectivity index (χ1n) is 5.89. The van der Waals surface area contributed by atoms with Gasteiger partial charge in [-0.2, -0.15) is 0 Å². The Bertz CT molecular complexity index is 493. The summed E-state index contributed by atoms with van der Waals surface area (Å²) in [4.78, 5) is 11.5. The minimum Gasteiger partial charge on any atom is -0.438 e. The van der Waals surface area contributed by atoms with Crippen LogP contribution in [0.25, 0.3) is 0 Å². The number of sulfonamides is 1. The monoisotopic (exact) mass is 274 g/mol. The molecular formula is C11H18N2O4S. The van der Waals surface area contributed by atoms with Crippen LogP contribution in [0.4, 0.5) is 0 Å². The third-order valence-electron chi connectivity index (χ3n) is 2.15. The van der Waals surface area contributed by atoms with Gasteiger partial charge >= 0.3 is 0 Å². The fourth-order valence-corrected chi connectivity index (χ4v) is 2.28. The second-order valence-electron chi connectivity index (χ2n) is 3.77. The van der Waals surface area contributed by atoms with E-state index in [4.69, 9.17) is 4.42 Å². The van der Waals surface area contributed by atoms with Gasteiger partial charge in [-0.3, -0.25) is 4.79 Å². The Morgan fingerprint density at radius 1 is 1.22 bits per heavy atom. The van der Waals surface area contributed by atoms with E-state index in [1.54, 1.807) is 0 Å². The highest BCUT2D eigenvalue weighted by Crippen LogP contribution is 2.13. The van der Waals surface area contributed by atoms with Crippen molar-refractivity contribution < 1.29 is 17.6 Å². The summed E-state index contributed by atoms with van der Waals surface area (Å²) >= 11 is 0. The van der Waals surface area contributed by atoms with Crippen molar-refractivity contribution in [2.24, 2.45) is 0 Å². The first-order valence-corrected chi connectivity index (χ1v) is 7.37. The van der Waals surface area contributed by atoms with Gasteiger partial charge in [0.1, 0.15) is 0 Å². The van der Waals surface area contributed by atoms with Crippen LogP contribution in [0, 0.1) is 0 Å². The molecule has 2 N–H and O–H groups in total. The van der Waals surface area contributed by atoms with Crippen molar-refractivity contribution in [3.05, 3.63) is 17.9 Å². The number of hydrogen-bond acceptors (Lipinski definition) is 4. The van der Waals surface area contributed by atoms with Crippen molar-refractivity contribution in [1.82, 2.24) is 10.0 Å². The van der Waals surface area contributed by atoms with E-state index in [0.29, 0.717) is 19.5 Å². The van der Waals surface area contributed by atoms with Crippen LogP contribution in [0.1, 0.15) is 37.2 Å². The first-order chi connectivity index (χ1) is 8.51. The second kappa shape index (κ2) is 6.55. The van der Waals surface area contributed by atoms with Crippen LogP contribution in [0.3, 0.4) is 0 Å². The van der Waals surface area contributed by atoms with E-state index in [1.807, 2.05) is 13.8 Å². The van der Waals surface area contributed by atoms with Gasteiger partial charge in [-0.05, 0) is 25.0 Å². The second-order valence-corrected chi connectivity index (χ2v) is 5.47. The summed E-state index contributed by atoms with van der Waals surface area (Å²) in [5.74, 6) is -0.408. The summed E-state index contributed by atoms with van der Waals surface area (Å²) in [6.07, 6.45) is 1.49. The van der Waals surface area contributed by atoms with Gasteiger partial charge in [0, 0.05) is 13.1 Å². The highest BCUT2D eigenvalue weighted by molar-refractivity contribution is 7.89. The van der Waals surface area contributed by atoms with E-state index >= 15 is 0 Å². The molecular weight excluding hydrogens is 256 g/mol. The van der Waals surface area contributed by atoms with Crippen molar-refractivity contribution >= 4 is 15.9 Å². The molecule has 0 spiro atoms. The lowest BCUT2D eigenvalue weighted by Gasteiger charge is -2.02. The first kappa shape index (κ1) is 14.7. The number of furan rings is 1. The average Bonchev–Trinajstić information content (AvgIpc) is 2.83. The van der Waals surface area contributed by atoms with Crippen LogP contribution >= 0.6 is 0 Å². The van der Waals surface area contributed by atoms with Gasteiger partial charge < -0.3 is 9.73 Å². The van der Waals surface area contributed by atoms with Crippen LogP contribution < -0.4 is 10.0 Å². The Labute approximate surface area is 107 Å². The Balaban J connectivity index is 2.76. The molecule has 1 rings (SSSR count). The molecule has 0 bridgehead atoms. The Kier molecular flexibility index (Phi) is 5.36. The van der Waals surface area contributed by atoms with E-state index in [-0.39, 0.29) is 10.9 Å². The van der Waals surface area contributed by atoms with Gasteiger partial charge in [0.15, 0.2) is 5.76 Å². The molecule has 0 saturated heterocycles. The van der Waals surface area contributed by atoms with E-state index in [2.05, 4.69) is 10.0 Å². The predicted octanol–water partition coefficient (Wildman–Crippen LogP) is 1.11. The minimum absolute atomic E-state index is 0.000300. The average molecular weight is 274 g/mol. The maximum Gasteiger partial charge on any atom is 0.287 e. The Morgan fingerprint density at radius 3 is 2.50 bits per heavy atom. The van der Waals surface area contributed by atoms with Crippen molar-refractivity contribution in [2.45, 2.75) is 31.8 Å². The van der Waals surface area contributed by atoms with Crippen molar-refractivity contribution in [2.75, 3.05) is 13.1 Å². The van der Waals surface area contributed by atoms with Gasteiger partial charge in [0.2, 0.25) is 5.09 Å². The molecule has 0 unspecified atom stereocenters. The molecule has 0 aliphatic carbocycles. The van der Waals surface area contributed by atoms with Crippen LogP contribution in [-0.2, 0) is 10.0 Å². The number of amides is 1. The van der Waals surface area contributed by atoms with E-state index in [0.717, 1.165) is 6.42 Å². The molecule has 0 aromatic carbocycles. The van der Waals surface area contributed by atoms with Gasteiger partial charge in [-0.15, -0.1) is 0 Å². The predicted molar refractivity (Wildman–Crippen MR) is 66.8 cm³/mol. The Morgan fingerprint density at radius 2 is 1.89 bits per heavy atom. The van der Waals surface area contributed by atoms with Gasteiger partial charge in [0.05, 0.1) is 0 Å². The number of hydrogen-bond donors (Lipinski definition) is 2. The lowest BCUT2D eigenvalue weighted by Crippen LogP contribution is -2.24.